The summed E-state index contributed by atoms with van der Waals surface area (Å²) >= 11 is 6.21. The Labute approximate surface area is 124 Å². The van der Waals surface area contributed by atoms with E-state index in [1.165, 1.54) is 24.2 Å². The SMILES string of the molecule is CCNCc1nc(-n2cnc3c2CCCC3)ccc1Cl. The second-order valence-corrected chi connectivity index (χ2v) is 5.50. The molecule has 0 saturated heterocycles. The third-order valence-electron chi connectivity index (χ3n) is 3.72. The zero-order valence-corrected chi connectivity index (χ0v) is 12.5. The van der Waals surface area contributed by atoms with E-state index >= 15 is 0 Å². The van der Waals surface area contributed by atoms with E-state index in [9.17, 15) is 0 Å². The van der Waals surface area contributed by atoms with Crippen molar-refractivity contribution in [2.45, 2.75) is 39.2 Å². The van der Waals surface area contributed by atoms with Crippen LogP contribution in [0.25, 0.3) is 5.82 Å². The molecule has 4 nitrogen and oxygen atoms in total. The van der Waals surface area contributed by atoms with Crippen LogP contribution in [-0.2, 0) is 19.4 Å². The lowest BCUT2D eigenvalue weighted by molar-refractivity contribution is 0.652. The molecule has 5 heteroatoms. The molecule has 0 bridgehead atoms. The van der Waals surface area contributed by atoms with Crippen LogP contribution >= 0.6 is 11.6 Å². The van der Waals surface area contributed by atoms with Gasteiger partial charge in [0.25, 0.3) is 0 Å². The van der Waals surface area contributed by atoms with Crippen molar-refractivity contribution in [2.75, 3.05) is 6.54 Å². The largest absolute Gasteiger partial charge is 0.311 e. The lowest BCUT2D eigenvalue weighted by Crippen LogP contribution is -2.15. The van der Waals surface area contributed by atoms with Crippen molar-refractivity contribution in [2.24, 2.45) is 0 Å². The lowest BCUT2D eigenvalue weighted by atomic mass is 10.0. The first-order valence-electron chi connectivity index (χ1n) is 7.21. The van der Waals surface area contributed by atoms with Crippen LogP contribution in [0.15, 0.2) is 18.5 Å². The average Bonchev–Trinajstić information content (AvgIpc) is 2.90. The molecular formula is C15H19ClN4. The highest BCUT2D eigenvalue weighted by atomic mass is 35.5. The number of rotatable bonds is 4. The molecule has 0 saturated carbocycles. The van der Waals surface area contributed by atoms with Crippen LogP contribution in [0.4, 0.5) is 0 Å². The van der Waals surface area contributed by atoms with Crippen molar-refractivity contribution in [1.82, 2.24) is 19.9 Å². The van der Waals surface area contributed by atoms with Gasteiger partial charge in [-0.3, -0.25) is 4.57 Å². The van der Waals surface area contributed by atoms with Crippen molar-refractivity contribution in [3.05, 3.63) is 40.6 Å². The molecular weight excluding hydrogens is 272 g/mol. The first kappa shape index (κ1) is 13.6. The minimum atomic E-state index is 0.695. The summed E-state index contributed by atoms with van der Waals surface area (Å²) in [6, 6.07) is 3.89. The molecule has 0 fully saturated rings. The fourth-order valence-corrected chi connectivity index (χ4v) is 2.81. The van der Waals surface area contributed by atoms with Crippen LogP contribution in [0.2, 0.25) is 5.02 Å². The number of nitrogens with one attached hydrogen (secondary N) is 1. The highest BCUT2D eigenvalue weighted by Gasteiger charge is 2.17. The van der Waals surface area contributed by atoms with E-state index in [-0.39, 0.29) is 0 Å². The van der Waals surface area contributed by atoms with Crippen molar-refractivity contribution in [1.29, 1.82) is 0 Å². The minimum Gasteiger partial charge on any atom is -0.311 e. The summed E-state index contributed by atoms with van der Waals surface area (Å²) in [6.07, 6.45) is 6.53. The van der Waals surface area contributed by atoms with Gasteiger partial charge < -0.3 is 5.32 Å². The van der Waals surface area contributed by atoms with Crippen LogP contribution in [0.3, 0.4) is 0 Å². The Morgan fingerprint density at radius 3 is 3.00 bits per heavy atom. The molecule has 0 spiro atoms. The zero-order chi connectivity index (χ0) is 13.9. The van der Waals surface area contributed by atoms with Gasteiger partial charge in [0, 0.05) is 12.2 Å². The predicted octanol–water partition coefficient (Wildman–Crippen LogP) is 2.91. The number of halogens is 1. The highest BCUT2D eigenvalue weighted by molar-refractivity contribution is 6.31. The van der Waals surface area contributed by atoms with Crippen LogP contribution < -0.4 is 5.32 Å². The van der Waals surface area contributed by atoms with E-state index in [4.69, 9.17) is 11.6 Å². The van der Waals surface area contributed by atoms with Gasteiger partial charge in [-0.1, -0.05) is 18.5 Å². The maximum absolute atomic E-state index is 6.21. The molecule has 2 aromatic heterocycles. The molecule has 0 amide bonds. The predicted molar refractivity (Wildman–Crippen MR) is 80.4 cm³/mol. The second kappa shape index (κ2) is 5.94. The number of nitrogens with zero attached hydrogens (tertiary/aromatic N) is 3. The van der Waals surface area contributed by atoms with Gasteiger partial charge >= 0.3 is 0 Å². The number of hydrogen-bond acceptors (Lipinski definition) is 3. The molecule has 1 aliphatic rings. The molecule has 106 valence electrons. The number of imidazole rings is 1. The number of aromatic nitrogens is 3. The first-order chi connectivity index (χ1) is 9.79. The Bertz CT molecular complexity index is 606. The summed E-state index contributed by atoms with van der Waals surface area (Å²) in [7, 11) is 0. The number of fused-ring (bicyclic) bond motifs is 1. The van der Waals surface area contributed by atoms with E-state index in [1.54, 1.807) is 0 Å². The standard InChI is InChI=1S/C15H19ClN4/c1-2-17-9-13-11(16)7-8-15(19-13)20-10-18-12-5-3-4-6-14(12)20/h7-8,10,17H,2-6,9H2,1H3. The molecule has 20 heavy (non-hydrogen) atoms. The van der Waals surface area contributed by atoms with Crippen molar-refractivity contribution in [3.8, 4) is 5.82 Å². The fraction of sp³-hybridized carbons (Fsp3) is 0.467. The van der Waals surface area contributed by atoms with Crippen LogP contribution in [0.1, 0.15) is 36.8 Å². The molecule has 3 rings (SSSR count). The fourth-order valence-electron chi connectivity index (χ4n) is 2.64. The normalized spacial score (nSPS) is 14.3. The molecule has 0 radical (unpaired) electrons. The van der Waals surface area contributed by atoms with Crippen LogP contribution in [0, 0.1) is 0 Å². The topological polar surface area (TPSA) is 42.7 Å². The van der Waals surface area contributed by atoms with Gasteiger partial charge in [0.15, 0.2) is 0 Å². The van der Waals surface area contributed by atoms with Gasteiger partial charge in [0.05, 0.1) is 16.4 Å². The highest BCUT2D eigenvalue weighted by Crippen LogP contribution is 2.23. The third-order valence-corrected chi connectivity index (χ3v) is 4.07. The molecule has 2 aromatic rings. The van der Waals surface area contributed by atoms with E-state index in [0.29, 0.717) is 11.6 Å². The average molecular weight is 291 g/mol. The van der Waals surface area contributed by atoms with Gasteiger partial charge in [-0.25, -0.2) is 9.97 Å². The summed E-state index contributed by atoms with van der Waals surface area (Å²) in [6.45, 7) is 3.67. The molecule has 0 unspecified atom stereocenters. The monoisotopic (exact) mass is 290 g/mol. The van der Waals surface area contributed by atoms with Gasteiger partial charge in [0.1, 0.15) is 12.1 Å². The molecule has 0 aromatic carbocycles. The Morgan fingerprint density at radius 2 is 2.15 bits per heavy atom. The van der Waals surface area contributed by atoms with Gasteiger partial charge in [-0.2, -0.15) is 0 Å². The summed E-state index contributed by atoms with van der Waals surface area (Å²) < 4.78 is 2.11. The van der Waals surface area contributed by atoms with Gasteiger partial charge in [-0.05, 0) is 44.4 Å². The van der Waals surface area contributed by atoms with E-state index in [2.05, 4.69) is 26.8 Å². The van der Waals surface area contributed by atoms with Crippen LogP contribution in [0.5, 0.6) is 0 Å². The Hall–Kier alpha value is -1.39. The lowest BCUT2D eigenvalue weighted by Gasteiger charge is -2.14. The number of pyridine rings is 1. The Morgan fingerprint density at radius 1 is 1.30 bits per heavy atom. The summed E-state index contributed by atoms with van der Waals surface area (Å²) in [5, 5.41) is 3.98. The minimum absolute atomic E-state index is 0.695. The number of aryl methyl sites for hydroxylation is 1. The third kappa shape index (κ3) is 2.58. The van der Waals surface area contributed by atoms with E-state index in [1.807, 2.05) is 18.5 Å². The quantitative estimate of drug-likeness (QED) is 0.941. The van der Waals surface area contributed by atoms with E-state index < -0.39 is 0 Å². The maximum atomic E-state index is 6.21. The van der Waals surface area contributed by atoms with Gasteiger partial charge in [-0.15, -0.1) is 0 Å². The summed E-state index contributed by atoms with van der Waals surface area (Å²) in [5.41, 5.74) is 3.42. The van der Waals surface area contributed by atoms with Crippen molar-refractivity contribution < 1.29 is 0 Å². The maximum Gasteiger partial charge on any atom is 0.138 e. The first-order valence-corrected chi connectivity index (χ1v) is 7.59. The number of hydrogen-bond donors (Lipinski definition) is 1. The summed E-state index contributed by atoms with van der Waals surface area (Å²) in [5.74, 6) is 0.915. The molecule has 0 atom stereocenters. The molecule has 2 heterocycles. The second-order valence-electron chi connectivity index (χ2n) is 5.09. The summed E-state index contributed by atoms with van der Waals surface area (Å²) in [4.78, 5) is 9.21. The van der Waals surface area contributed by atoms with Gasteiger partial charge in [0.2, 0.25) is 0 Å². The zero-order valence-electron chi connectivity index (χ0n) is 11.7. The van der Waals surface area contributed by atoms with Crippen LogP contribution in [-0.4, -0.2) is 21.1 Å². The van der Waals surface area contributed by atoms with Crippen molar-refractivity contribution >= 4 is 11.6 Å². The molecule has 0 aliphatic heterocycles. The van der Waals surface area contributed by atoms with Crippen molar-refractivity contribution in [3.63, 3.8) is 0 Å². The molecule has 1 aliphatic carbocycles. The molecule has 1 N–H and O–H groups in total. The smallest absolute Gasteiger partial charge is 0.138 e. The van der Waals surface area contributed by atoms with E-state index in [0.717, 1.165) is 30.9 Å². The Kier molecular flexibility index (Phi) is 4.03. The Balaban J connectivity index is 1.95.